The molecular formula is C10H19N3O2. The van der Waals surface area contributed by atoms with Crippen LogP contribution in [0, 0.1) is 5.92 Å². The number of likely N-dealkylation sites (tertiary alicyclic amines) is 1. The van der Waals surface area contributed by atoms with E-state index in [1.54, 1.807) is 4.90 Å². The number of hydrogen-bond acceptors (Lipinski definition) is 3. The molecule has 0 spiro atoms. The number of amides is 2. The SMILES string of the molecule is CC(=O)NCC(=O)N1CCCC(CN)C1. The van der Waals surface area contributed by atoms with Gasteiger partial charge in [-0.1, -0.05) is 0 Å². The van der Waals surface area contributed by atoms with Gasteiger partial charge in [0.15, 0.2) is 0 Å². The number of rotatable bonds is 3. The van der Waals surface area contributed by atoms with Crippen LogP contribution >= 0.6 is 0 Å². The van der Waals surface area contributed by atoms with Crippen molar-refractivity contribution in [3.63, 3.8) is 0 Å². The van der Waals surface area contributed by atoms with Gasteiger partial charge in [-0.15, -0.1) is 0 Å². The van der Waals surface area contributed by atoms with E-state index >= 15 is 0 Å². The number of nitrogens with one attached hydrogen (secondary N) is 1. The second-order valence-electron chi connectivity index (χ2n) is 3.99. The second-order valence-corrected chi connectivity index (χ2v) is 3.99. The molecule has 1 aliphatic heterocycles. The molecule has 1 saturated heterocycles. The number of nitrogens with zero attached hydrogens (tertiary/aromatic N) is 1. The molecule has 1 aliphatic rings. The van der Waals surface area contributed by atoms with Crippen molar-refractivity contribution < 1.29 is 9.59 Å². The third kappa shape index (κ3) is 3.87. The van der Waals surface area contributed by atoms with Gasteiger partial charge in [-0.3, -0.25) is 9.59 Å². The average Bonchev–Trinajstić information content (AvgIpc) is 2.26. The van der Waals surface area contributed by atoms with Crippen LogP contribution in [0.3, 0.4) is 0 Å². The first-order valence-corrected chi connectivity index (χ1v) is 5.35. The van der Waals surface area contributed by atoms with Crippen molar-refractivity contribution in [3.05, 3.63) is 0 Å². The van der Waals surface area contributed by atoms with Gasteiger partial charge in [0.1, 0.15) is 0 Å². The summed E-state index contributed by atoms with van der Waals surface area (Å²) in [5, 5.41) is 2.51. The monoisotopic (exact) mass is 213 g/mol. The molecule has 0 radical (unpaired) electrons. The van der Waals surface area contributed by atoms with Crippen LogP contribution in [-0.4, -0.2) is 42.9 Å². The van der Waals surface area contributed by atoms with Gasteiger partial charge in [0, 0.05) is 20.0 Å². The number of piperidine rings is 1. The molecule has 1 atom stereocenters. The molecule has 86 valence electrons. The lowest BCUT2D eigenvalue weighted by molar-refractivity contribution is -0.133. The van der Waals surface area contributed by atoms with Crippen molar-refractivity contribution in [2.75, 3.05) is 26.2 Å². The quantitative estimate of drug-likeness (QED) is 0.652. The normalized spacial score (nSPS) is 21.2. The van der Waals surface area contributed by atoms with E-state index < -0.39 is 0 Å². The number of carbonyl (C=O) groups is 2. The topological polar surface area (TPSA) is 75.4 Å². The third-order valence-corrected chi connectivity index (χ3v) is 2.69. The molecule has 3 N–H and O–H groups in total. The molecule has 2 amide bonds. The summed E-state index contributed by atoms with van der Waals surface area (Å²) in [4.78, 5) is 24.1. The van der Waals surface area contributed by atoms with Crippen LogP contribution in [0.5, 0.6) is 0 Å². The Morgan fingerprint density at radius 3 is 2.87 bits per heavy atom. The zero-order valence-electron chi connectivity index (χ0n) is 9.16. The van der Waals surface area contributed by atoms with E-state index in [0.29, 0.717) is 12.5 Å². The number of carbonyl (C=O) groups excluding carboxylic acids is 2. The van der Waals surface area contributed by atoms with Gasteiger partial charge in [0.05, 0.1) is 6.54 Å². The van der Waals surface area contributed by atoms with E-state index in [9.17, 15) is 9.59 Å². The van der Waals surface area contributed by atoms with Crippen molar-refractivity contribution in [3.8, 4) is 0 Å². The Balaban J connectivity index is 2.35. The molecule has 1 rings (SSSR count). The zero-order valence-corrected chi connectivity index (χ0v) is 9.16. The lowest BCUT2D eigenvalue weighted by Crippen LogP contribution is -2.46. The van der Waals surface area contributed by atoms with Crippen LogP contribution in [0.25, 0.3) is 0 Å². The fraction of sp³-hybridized carbons (Fsp3) is 0.800. The Hall–Kier alpha value is -1.10. The minimum Gasteiger partial charge on any atom is -0.347 e. The molecule has 5 nitrogen and oxygen atoms in total. The highest BCUT2D eigenvalue weighted by Gasteiger charge is 2.22. The summed E-state index contributed by atoms with van der Waals surface area (Å²) < 4.78 is 0. The molecule has 0 aromatic carbocycles. The Bertz CT molecular complexity index is 243. The smallest absolute Gasteiger partial charge is 0.241 e. The highest BCUT2D eigenvalue weighted by Crippen LogP contribution is 2.14. The molecule has 1 fully saturated rings. The highest BCUT2D eigenvalue weighted by molar-refractivity contribution is 5.83. The average molecular weight is 213 g/mol. The van der Waals surface area contributed by atoms with Crippen LogP contribution < -0.4 is 11.1 Å². The number of hydrogen-bond donors (Lipinski definition) is 2. The summed E-state index contributed by atoms with van der Waals surface area (Å²) in [6.07, 6.45) is 2.11. The lowest BCUT2D eigenvalue weighted by atomic mass is 9.98. The summed E-state index contributed by atoms with van der Waals surface area (Å²) in [5.74, 6) is 0.235. The fourth-order valence-corrected chi connectivity index (χ4v) is 1.80. The van der Waals surface area contributed by atoms with Crippen LogP contribution in [0.15, 0.2) is 0 Å². The van der Waals surface area contributed by atoms with Crippen molar-refractivity contribution in [2.45, 2.75) is 19.8 Å². The van der Waals surface area contributed by atoms with Crippen LogP contribution in [0.2, 0.25) is 0 Å². The predicted molar refractivity (Wildman–Crippen MR) is 57.0 cm³/mol. The van der Waals surface area contributed by atoms with Gasteiger partial charge < -0.3 is 16.0 Å². The van der Waals surface area contributed by atoms with Crippen molar-refractivity contribution >= 4 is 11.8 Å². The first kappa shape index (κ1) is 12.0. The van der Waals surface area contributed by atoms with Crippen LogP contribution in [-0.2, 0) is 9.59 Å². The third-order valence-electron chi connectivity index (χ3n) is 2.69. The summed E-state index contributed by atoms with van der Waals surface area (Å²) >= 11 is 0. The summed E-state index contributed by atoms with van der Waals surface area (Å²) in [5.41, 5.74) is 5.58. The maximum atomic E-state index is 11.6. The van der Waals surface area contributed by atoms with Gasteiger partial charge in [0.2, 0.25) is 11.8 Å². The fourth-order valence-electron chi connectivity index (χ4n) is 1.80. The summed E-state index contributed by atoms with van der Waals surface area (Å²) in [7, 11) is 0. The van der Waals surface area contributed by atoms with Gasteiger partial charge in [-0.25, -0.2) is 0 Å². The minimum atomic E-state index is -0.171. The lowest BCUT2D eigenvalue weighted by Gasteiger charge is -2.32. The van der Waals surface area contributed by atoms with Gasteiger partial charge >= 0.3 is 0 Å². The molecule has 1 heterocycles. The summed E-state index contributed by atoms with van der Waals surface area (Å²) in [6, 6.07) is 0. The zero-order chi connectivity index (χ0) is 11.3. The largest absolute Gasteiger partial charge is 0.347 e. The van der Waals surface area contributed by atoms with Crippen LogP contribution in [0.1, 0.15) is 19.8 Å². The van der Waals surface area contributed by atoms with E-state index in [-0.39, 0.29) is 18.4 Å². The molecule has 0 aromatic heterocycles. The van der Waals surface area contributed by atoms with Crippen molar-refractivity contribution in [2.24, 2.45) is 11.7 Å². The molecule has 0 aromatic rings. The maximum Gasteiger partial charge on any atom is 0.241 e. The molecule has 5 heteroatoms. The van der Waals surface area contributed by atoms with E-state index in [2.05, 4.69) is 5.32 Å². The van der Waals surface area contributed by atoms with Crippen LogP contribution in [0.4, 0.5) is 0 Å². The van der Waals surface area contributed by atoms with E-state index in [0.717, 1.165) is 25.9 Å². The highest BCUT2D eigenvalue weighted by atomic mass is 16.2. The molecule has 0 aliphatic carbocycles. The number of nitrogens with two attached hydrogens (primary N) is 1. The second kappa shape index (κ2) is 5.70. The Kier molecular flexibility index (Phi) is 4.55. The minimum absolute atomic E-state index is 0.0108. The molecule has 0 bridgehead atoms. The Morgan fingerprint density at radius 1 is 1.53 bits per heavy atom. The van der Waals surface area contributed by atoms with Crippen molar-refractivity contribution in [1.29, 1.82) is 0 Å². The van der Waals surface area contributed by atoms with E-state index in [1.807, 2.05) is 0 Å². The maximum absolute atomic E-state index is 11.6. The molecule has 0 saturated carbocycles. The predicted octanol–water partition coefficient (Wildman–Crippen LogP) is -0.680. The Morgan fingerprint density at radius 2 is 2.27 bits per heavy atom. The first-order chi connectivity index (χ1) is 7.13. The van der Waals surface area contributed by atoms with Gasteiger partial charge in [-0.2, -0.15) is 0 Å². The summed E-state index contributed by atoms with van der Waals surface area (Å²) in [6.45, 7) is 3.66. The van der Waals surface area contributed by atoms with Gasteiger partial charge in [-0.05, 0) is 25.3 Å². The standard InChI is InChI=1S/C10H19N3O2/c1-8(14)12-6-10(15)13-4-2-3-9(5-11)7-13/h9H,2-7,11H2,1H3,(H,12,14). The van der Waals surface area contributed by atoms with E-state index in [4.69, 9.17) is 5.73 Å². The molecule has 1 unspecified atom stereocenters. The van der Waals surface area contributed by atoms with Crippen molar-refractivity contribution in [1.82, 2.24) is 10.2 Å². The van der Waals surface area contributed by atoms with E-state index in [1.165, 1.54) is 6.92 Å². The molecule has 15 heavy (non-hydrogen) atoms. The van der Waals surface area contributed by atoms with Gasteiger partial charge in [0.25, 0.3) is 0 Å². The first-order valence-electron chi connectivity index (χ1n) is 5.35. The Labute approximate surface area is 90.0 Å². The molecular weight excluding hydrogens is 194 g/mol.